The number of hydrogen-bond acceptors (Lipinski definition) is 2. The Bertz CT molecular complexity index is 439. The number of hydrogen-bond donors (Lipinski definition) is 2. The molecule has 1 heterocycles. The van der Waals surface area contributed by atoms with Crippen LogP contribution in [0.15, 0.2) is 35.3 Å². The molecular formula is C17H28IN3O. The monoisotopic (exact) mass is 417 g/mol. The normalized spacial score (nSPS) is 22.0. The molecule has 1 fully saturated rings. The number of halogens is 1. The molecule has 124 valence electrons. The molecule has 0 amide bonds. The predicted molar refractivity (Wildman–Crippen MR) is 103 cm³/mol. The van der Waals surface area contributed by atoms with Gasteiger partial charge in [-0.25, -0.2) is 0 Å². The molecule has 1 aliphatic rings. The van der Waals surface area contributed by atoms with E-state index < -0.39 is 0 Å². The maximum atomic E-state index is 5.98. The van der Waals surface area contributed by atoms with Crippen molar-refractivity contribution in [3.8, 4) is 0 Å². The van der Waals surface area contributed by atoms with E-state index in [1.807, 2.05) is 6.07 Å². The van der Waals surface area contributed by atoms with Gasteiger partial charge in [0.1, 0.15) is 0 Å². The smallest absolute Gasteiger partial charge is 0.188 e. The molecule has 1 aromatic rings. The van der Waals surface area contributed by atoms with Gasteiger partial charge >= 0.3 is 0 Å². The molecule has 0 radical (unpaired) electrons. The predicted octanol–water partition coefficient (Wildman–Crippen LogP) is 3.48. The van der Waals surface area contributed by atoms with Crippen LogP contribution in [0.3, 0.4) is 0 Å². The van der Waals surface area contributed by atoms with E-state index in [4.69, 9.17) is 10.5 Å². The summed E-state index contributed by atoms with van der Waals surface area (Å²) in [5, 5.41) is 3.16. The van der Waals surface area contributed by atoms with Gasteiger partial charge in [0, 0.05) is 25.6 Å². The minimum absolute atomic E-state index is 0. The van der Waals surface area contributed by atoms with Crippen molar-refractivity contribution in [3.05, 3.63) is 35.9 Å². The van der Waals surface area contributed by atoms with Gasteiger partial charge in [-0.15, -0.1) is 24.0 Å². The molecule has 2 rings (SSSR count). The van der Waals surface area contributed by atoms with Crippen LogP contribution in [-0.2, 0) is 4.74 Å². The quantitative estimate of drug-likeness (QED) is 0.323. The Labute approximate surface area is 150 Å². The highest BCUT2D eigenvalue weighted by Crippen LogP contribution is 2.33. The highest BCUT2D eigenvalue weighted by Gasteiger charge is 2.27. The molecule has 1 saturated heterocycles. The van der Waals surface area contributed by atoms with Crippen LogP contribution < -0.4 is 11.1 Å². The van der Waals surface area contributed by atoms with Gasteiger partial charge in [-0.05, 0) is 24.8 Å². The molecule has 0 saturated carbocycles. The number of nitrogens with two attached hydrogens (primary N) is 1. The standard InChI is InChI=1S/C17H27N3O.HI/c1-2-3-11-19-17(18)20-13-15-10-7-12-21-16(15)14-8-5-4-6-9-14;/h4-6,8-9,15-16H,2-3,7,10-13H2,1H3,(H3,18,19,20);1H. The molecule has 22 heavy (non-hydrogen) atoms. The maximum Gasteiger partial charge on any atom is 0.188 e. The summed E-state index contributed by atoms with van der Waals surface area (Å²) in [6.07, 6.45) is 4.67. The van der Waals surface area contributed by atoms with Gasteiger partial charge in [0.15, 0.2) is 5.96 Å². The van der Waals surface area contributed by atoms with Crippen LogP contribution >= 0.6 is 24.0 Å². The lowest BCUT2D eigenvalue weighted by atomic mass is 9.89. The van der Waals surface area contributed by atoms with Gasteiger partial charge in [-0.2, -0.15) is 0 Å². The van der Waals surface area contributed by atoms with E-state index in [1.54, 1.807) is 0 Å². The zero-order valence-electron chi connectivity index (χ0n) is 13.3. The summed E-state index contributed by atoms with van der Waals surface area (Å²) < 4.78 is 5.98. The van der Waals surface area contributed by atoms with Crippen LogP contribution in [0.5, 0.6) is 0 Å². The van der Waals surface area contributed by atoms with Crippen molar-refractivity contribution in [1.82, 2.24) is 5.32 Å². The molecule has 1 aromatic carbocycles. The number of nitrogens with zero attached hydrogens (tertiary/aromatic N) is 1. The first kappa shape index (κ1) is 19.2. The van der Waals surface area contributed by atoms with Gasteiger partial charge in [0.05, 0.1) is 6.10 Å². The lowest BCUT2D eigenvalue weighted by Crippen LogP contribution is -2.34. The van der Waals surface area contributed by atoms with Crippen molar-refractivity contribution in [2.24, 2.45) is 16.6 Å². The van der Waals surface area contributed by atoms with Crippen LogP contribution in [0.2, 0.25) is 0 Å². The molecule has 2 atom stereocenters. The minimum atomic E-state index is 0. The Hall–Kier alpha value is -0.820. The highest BCUT2D eigenvalue weighted by atomic mass is 127. The lowest BCUT2D eigenvalue weighted by Gasteiger charge is -2.31. The fourth-order valence-electron chi connectivity index (χ4n) is 2.71. The van der Waals surface area contributed by atoms with E-state index in [0.717, 1.165) is 45.4 Å². The van der Waals surface area contributed by atoms with Crippen LogP contribution in [0.4, 0.5) is 0 Å². The third-order valence-electron chi connectivity index (χ3n) is 3.91. The minimum Gasteiger partial charge on any atom is -0.373 e. The number of nitrogens with one attached hydrogen (secondary N) is 1. The summed E-state index contributed by atoms with van der Waals surface area (Å²) in [7, 11) is 0. The Morgan fingerprint density at radius 3 is 2.86 bits per heavy atom. The molecule has 0 aliphatic carbocycles. The van der Waals surface area contributed by atoms with E-state index in [1.165, 1.54) is 5.56 Å². The largest absolute Gasteiger partial charge is 0.373 e. The second-order valence-corrected chi connectivity index (χ2v) is 5.61. The molecular weight excluding hydrogens is 389 g/mol. The summed E-state index contributed by atoms with van der Waals surface area (Å²) in [5.41, 5.74) is 7.16. The Morgan fingerprint density at radius 1 is 1.36 bits per heavy atom. The lowest BCUT2D eigenvalue weighted by molar-refractivity contribution is -0.0250. The molecule has 2 unspecified atom stereocenters. The Balaban J connectivity index is 0.00000242. The van der Waals surface area contributed by atoms with Gasteiger partial charge in [0.25, 0.3) is 0 Å². The molecule has 1 aliphatic heterocycles. The topological polar surface area (TPSA) is 59.6 Å². The third-order valence-corrected chi connectivity index (χ3v) is 3.91. The first-order chi connectivity index (χ1) is 10.3. The molecule has 0 bridgehead atoms. The zero-order valence-corrected chi connectivity index (χ0v) is 15.7. The van der Waals surface area contributed by atoms with E-state index in [-0.39, 0.29) is 30.1 Å². The van der Waals surface area contributed by atoms with Gasteiger partial charge in [-0.1, -0.05) is 43.7 Å². The maximum absolute atomic E-state index is 5.98. The molecule has 0 spiro atoms. The van der Waals surface area contributed by atoms with Crippen LogP contribution in [0, 0.1) is 5.92 Å². The number of unbranched alkanes of at least 4 members (excludes halogenated alkanes) is 1. The van der Waals surface area contributed by atoms with Crippen molar-refractivity contribution in [1.29, 1.82) is 0 Å². The van der Waals surface area contributed by atoms with Crippen molar-refractivity contribution in [2.45, 2.75) is 38.7 Å². The number of guanidine groups is 1. The molecule has 0 aromatic heterocycles. The first-order valence-electron chi connectivity index (χ1n) is 8.01. The molecule has 5 heteroatoms. The van der Waals surface area contributed by atoms with Crippen molar-refractivity contribution in [2.75, 3.05) is 19.7 Å². The first-order valence-corrected chi connectivity index (χ1v) is 8.01. The fourth-order valence-corrected chi connectivity index (χ4v) is 2.71. The summed E-state index contributed by atoms with van der Waals surface area (Å²) in [4.78, 5) is 4.50. The van der Waals surface area contributed by atoms with Crippen molar-refractivity contribution in [3.63, 3.8) is 0 Å². The van der Waals surface area contributed by atoms with Crippen LogP contribution in [0.25, 0.3) is 0 Å². The number of ether oxygens (including phenoxy) is 1. The van der Waals surface area contributed by atoms with E-state index in [2.05, 4.69) is 41.5 Å². The van der Waals surface area contributed by atoms with E-state index in [9.17, 15) is 0 Å². The third kappa shape index (κ3) is 6.12. The average molecular weight is 417 g/mol. The Kier molecular flexibility index (Phi) is 9.47. The molecule has 3 N–H and O–H groups in total. The zero-order chi connectivity index (χ0) is 14.9. The number of aliphatic imine (C=N–C) groups is 1. The van der Waals surface area contributed by atoms with Crippen molar-refractivity contribution < 1.29 is 4.74 Å². The SMILES string of the molecule is CCCCNC(N)=NCC1CCCOC1c1ccccc1.I. The second kappa shape index (κ2) is 10.8. The summed E-state index contributed by atoms with van der Waals surface area (Å²) in [5.74, 6) is 0.966. The Morgan fingerprint density at radius 2 is 2.14 bits per heavy atom. The number of rotatable bonds is 6. The number of benzene rings is 1. The fraction of sp³-hybridized carbons (Fsp3) is 0.588. The second-order valence-electron chi connectivity index (χ2n) is 5.61. The van der Waals surface area contributed by atoms with E-state index >= 15 is 0 Å². The van der Waals surface area contributed by atoms with Crippen LogP contribution in [-0.4, -0.2) is 25.7 Å². The summed E-state index contributed by atoms with van der Waals surface area (Å²) in [6.45, 7) is 4.63. The van der Waals surface area contributed by atoms with Gasteiger partial charge in [-0.3, -0.25) is 4.99 Å². The highest BCUT2D eigenvalue weighted by molar-refractivity contribution is 14.0. The van der Waals surface area contributed by atoms with Crippen LogP contribution in [0.1, 0.15) is 44.3 Å². The molecule has 4 nitrogen and oxygen atoms in total. The average Bonchev–Trinajstić information content (AvgIpc) is 2.54. The summed E-state index contributed by atoms with van der Waals surface area (Å²) in [6, 6.07) is 10.4. The van der Waals surface area contributed by atoms with Crippen molar-refractivity contribution >= 4 is 29.9 Å². The summed E-state index contributed by atoms with van der Waals surface area (Å²) >= 11 is 0. The van der Waals surface area contributed by atoms with Gasteiger partial charge in [0.2, 0.25) is 0 Å². The van der Waals surface area contributed by atoms with E-state index in [0.29, 0.717) is 11.9 Å². The van der Waals surface area contributed by atoms with Gasteiger partial charge < -0.3 is 15.8 Å².